The smallest absolute Gasteiger partial charge is 0.0223 e. The highest BCUT2D eigenvalue weighted by atomic mass is 15.2. The average molecular weight is 268 g/mol. The highest BCUT2D eigenvalue weighted by molar-refractivity contribution is 4.89. The summed E-state index contributed by atoms with van der Waals surface area (Å²) in [6.07, 6.45) is 3.91. The van der Waals surface area contributed by atoms with Crippen LogP contribution >= 0.6 is 0 Å². The first kappa shape index (κ1) is 17.0. The fourth-order valence-corrected chi connectivity index (χ4v) is 3.08. The Morgan fingerprint density at radius 1 is 1.11 bits per heavy atom. The molecule has 0 amide bonds. The van der Waals surface area contributed by atoms with Crippen LogP contribution in [0.5, 0.6) is 0 Å². The highest BCUT2D eigenvalue weighted by Crippen LogP contribution is 2.21. The maximum Gasteiger partial charge on any atom is 0.0223 e. The van der Waals surface area contributed by atoms with E-state index in [2.05, 4.69) is 51.8 Å². The van der Waals surface area contributed by atoms with E-state index in [1.54, 1.807) is 0 Å². The van der Waals surface area contributed by atoms with Gasteiger partial charge in [0.05, 0.1) is 0 Å². The summed E-state index contributed by atoms with van der Waals surface area (Å²) in [6.45, 7) is 17.8. The topological polar surface area (TPSA) is 15.3 Å². The third-order valence-corrected chi connectivity index (χ3v) is 4.88. The third kappa shape index (κ3) is 5.43. The van der Waals surface area contributed by atoms with Gasteiger partial charge in [-0.05, 0) is 24.2 Å². The molecule has 114 valence electrons. The van der Waals surface area contributed by atoms with Crippen molar-refractivity contribution in [1.29, 1.82) is 0 Å². The molecule has 1 heterocycles. The van der Waals surface area contributed by atoms with Crippen LogP contribution in [0, 0.1) is 17.8 Å². The lowest BCUT2D eigenvalue weighted by atomic mass is 9.92. The number of nitrogens with one attached hydrogen (secondary N) is 1. The molecular formula is C17H36N2. The quantitative estimate of drug-likeness (QED) is 0.756. The van der Waals surface area contributed by atoms with Crippen molar-refractivity contribution in [2.75, 3.05) is 19.6 Å². The van der Waals surface area contributed by atoms with Gasteiger partial charge in [-0.15, -0.1) is 0 Å². The fourth-order valence-electron chi connectivity index (χ4n) is 3.08. The summed E-state index contributed by atoms with van der Waals surface area (Å²) >= 11 is 0. The SMILES string of the molecule is CCC(C)CN1CC(C(C)CC)NCC1CC(C)C. The molecule has 0 saturated carbocycles. The van der Waals surface area contributed by atoms with Gasteiger partial charge in [0.15, 0.2) is 0 Å². The first-order chi connectivity index (χ1) is 8.97. The Hall–Kier alpha value is -0.0800. The highest BCUT2D eigenvalue weighted by Gasteiger charge is 2.30. The molecule has 1 aliphatic heterocycles. The second-order valence-electron chi connectivity index (χ2n) is 7.15. The van der Waals surface area contributed by atoms with Crippen LogP contribution in [-0.2, 0) is 0 Å². The number of rotatable bonds is 7. The molecule has 0 aromatic rings. The normalized spacial score (nSPS) is 28.6. The molecule has 0 radical (unpaired) electrons. The maximum absolute atomic E-state index is 3.80. The van der Waals surface area contributed by atoms with E-state index < -0.39 is 0 Å². The largest absolute Gasteiger partial charge is 0.311 e. The number of hydrogen-bond acceptors (Lipinski definition) is 2. The minimum Gasteiger partial charge on any atom is -0.311 e. The van der Waals surface area contributed by atoms with E-state index in [4.69, 9.17) is 0 Å². The summed E-state index contributed by atoms with van der Waals surface area (Å²) < 4.78 is 0. The molecule has 2 nitrogen and oxygen atoms in total. The van der Waals surface area contributed by atoms with Gasteiger partial charge in [-0.3, -0.25) is 4.90 Å². The van der Waals surface area contributed by atoms with Crippen molar-refractivity contribution in [2.45, 2.75) is 72.9 Å². The van der Waals surface area contributed by atoms with Gasteiger partial charge < -0.3 is 5.32 Å². The van der Waals surface area contributed by atoms with E-state index >= 15 is 0 Å². The molecule has 1 saturated heterocycles. The van der Waals surface area contributed by atoms with E-state index in [1.165, 1.54) is 38.9 Å². The van der Waals surface area contributed by atoms with Crippen LogP contribution in [0.2, 0.25) is 0 Å². The minimum absolute atomic E-state index is 0.692. The van der Waals surface area contributed by atoms with Crippen molar-refractivity contribution in [2.24, 2.45) is 17.8 Å². The van der Waals surface area contributed by atoms with Crippen LogP contribution in [0.15, 0.2) is 0 Å². The third-order valence-electron chi connectivity index (χ3n) is 4.88. The van der Waals surface area contributed by atoms with Crippen molar-refractivity contribution in [3.05, 3.63) is 0 Å². The molecule has 0 aromatic heterocycles. The van der Waals surface area contributed by atoms with Gasteiger partial charge in [0, 0.05) is 31.7 Å². The molecule has 0 aliphatic carbocycles. The lowest BCUT2D eigenvalue weighted by Crippen LogP contribution is -2.59. The Kier molecular flexibility index (Phi) is 7.38. The summed E-state index contributed by atoms with van der Waals surface area (Å²) in [5, 5.41) is 3.80. The molecule has 4 atom stereocenters. The Morgan fingerprint density at radius 2 is 1.79 bits per heavy atom. The molecule has 1 rings (SSSR count). The summed E-state index contributed by atoms with van der Waals surface area (Å²) in [7, 11) is 0. The van der Waals surface area contributed by atoms with Gasteiger partial charge in [0.2, 0.25) is 0 Å². The Balaban J connectivity index is 2.62. The van der Waals surface area contributed by atoms with Crippen LogP contribution in [0.1, 0.15) is 60.8 Å². The summed E-state index contributed by atoms with van der Waals surface area (Å²) in [5.41, 5.74) is 0. The van der Waals surface area contributed by atoms with Crippen molar-refractivity contribution in [3.8, 4) is 0 Å². The van der Waals surface area contributed by atoms with Crippen LogP contribution in [0.25, 0.3) is 0 Å². The summed E-state index contributed by atoms with van der Waals surface area (Å²) in [5.74, 6) is 2.41. The molecule has 4 unspecified atom stereocenters. The zero-order chi connectivity index (χ0) is 14.4. The van der Waals surface area contributed by atoms with Gasteiger partial charge in [-0.25, -0.2) is 0 Å². The number of hydrogen-bond donors (Lipinski definition) is 1. The first-order valence-electron chi connectivity index (χ1n) is 8.45. The van der Waals surface area contributed by atoms with Crippen molar-refractivity contribution in [1.82, 2.24) is 10.2 Å². The number of nitrogens with zero attached hydrogens (tertiary/aromatic N) is 1. The van der Waals surface area contributed by atoms with Gasteiger partial charge in [-0.1, -0.05) is 54.4 Å². The van der Waals surface area contributed by atoms with Crippen molar-refractivity contribution >= 4 is 0 Å². The lowest BCUT2D eigenvalue weighted by Gasteiger charge is -2.44. The van der Waals surface area contributed by atoms with Gasteiger partial charge in [0.25, 0.3) is 0 Å². The van der Waals surface area contributed by atoms with E-state index in [0.29, 0.717) is 6.04 Å². The molecule has 1 aliphatic rings. The van der Waals surface area contributed by atoms with Gasteiger partial charge >= 0.3 is 0 Å². The molecule has 1 N–H and O–H groups in total. The zero-order valence-electron chi connectivity index (χ0n) is 14.1. The Morgan fingerprint density at radius 3 is 2.32 bits per heavy atom. The Bertz CT molecular complexity index is 239. The van der Waals surface area contributed by atoms with Crippen molar-refractivity contribution in [3.63, 3.8) is 0 Å². The van der Waals surface area contributed by atoms with Crippen LogP contribution in [0.3, 0.4) is 0 Å². The maximum atomic E-state index is 3.80. The molecule has 0 spiro atoms. The number of piperazine rings is 1. The van der Waals surface area contributed by atoms with Gasteiger partial charge in [-0.2, -0.15) is 0 Å². The fraction of sp³-hybridized carbons (Fsp3) is 1.00. The minimum atomic E-state index is 0.692. The van der Waals surface area contributed by atoms with Crippen molar-refractivity contribution < 1.29 is 0 Å². The van der Waals surface area contributed by atoms with Gasteiger partial charge in [0.1, 0.15) is 0 Å². The van der Waals surface area contributed by atoms with E-state index in [0.717, 1.165) is 23.8 Å². The standard InChI is InChI=1S/C17H36N2/c1-7-14(5)11-19-12-17(15(6)8-2)18-10-16(19)9-13(3)4/h13-18H,7-12H2,1-6H3. The van der Waals surface area contributed by atoms with E-state index in [-0.39, 0.29) is 0 Å². The van der Waals surface area contributed by atoms with E-state index in [1.807, 2.05) is 0 Å². The second-order valence-corrected chi connectivity index (χ2v) is 7.15. The Labute approximate surface area is 121 Å². The average Bonchev–Trinajstić information content (AvgIpc) is 2.39. The summed E-state index contributed by atoms with van der Waals surface area (Å²) in [6, 6.07) is 1.44. The van der Waals surface area contributed by atoms with Crippen LogP contribution in [0.4, 0.5) is 0 Å². The van der Waals surface area contributed by atoms with Crippen LogP contribution < -0.4 is 5.32 Å². The predicted molar refractivity (Wildman–Crippen MR) is 85.5 cm³/mol. The molecule has 0 aromatic carbocycles. The molecule has 2 heteroatoms. The second kappa shape index (κ2) is 8.26. The molecular weight excluding hydrogens is 232 g/mol. The summed E-state index contributed by atoms with van der Waals surface area (Å²) in [4.78, 5) is 2.78. The molecule has 0 bridgehead atoms. The molecule has 1 fully saturated rings. The lowest BCUT2D eigenvalue weighted by molar-refractivity contribution is 0.0817. The molecule has 19 heavy (non-hydrogen) atoms. The zero-order valence-corrected chi connectivity index (χ0v) is 14.1. The predicted octanol–water partition coefficient (Wildman–Crippen LogP) is 3.77. The van der Waals surface area contributed by atoms with E-state index in [9.17, 15) is 0 Å². The monoisotopic (exact) mass is 268 g/mol. The first-order valence-corrected chi connectivity index (χ1v) is 8.45. The van der Waals surface area contributed by atoms with Crippen LogP contribution in [-0.4, -0.2) is 36.6 Å².